The molecule has 0 heterocycles. The fourth-order valence-corrected chi connectivity index (χ4v) is 3.91. The van der Waals surface area contributed by atoms with Crippen molar-refractivity contribution in [2.24, 2.45) is 41.2 Å². The Bertz CT molecular complexity index is 1020. The van der Waals surface area contributed by atoms with Gasteiger partial charge in [0.05, 0.1) is 11.8 Å². The van der Waals surface area contributed by atoms with Crippen molar-refractivity contribution < 1.29 is 38.5 Å². The Morgan fingerprint density at radius 2 is 1.30 bits per heavy atom. The number of nitrogens with two attached hydrogens (primary N) is 1. The van der Waals surface area contributed by atoms with E-state index in [1.165, 1.54) is 12.1 Å². The van der Waals surface area contributed by atoms with Crippen molar-refractivity contribution in [2.45, 2.75) is 100 Å². The minimum Gasteiger partial charge on any atom is -0.480 e. The lowest BCUT2D eigenvalue weighted by Gasteiger charge is -2.32. The van der Waals surface area contributed by atoms with Crippen molar-refractivity contribution >= 4 is 23.9 Å². The van der Waals surface area contributed by atoms with Gasteiger partial charge in [0.1, 0.15) is 12.1 Å². The number of aliphatic carboxylic acids is 1. The first kappa shape index (κ1) is 35.1. The number of carbonyl (C=O) groups excluding carboxylic acids is 3. The Labute approximate surface area is 239 Å². The summed E-state index contributed by atoms with van der Waals surface area (Å²) < 4.78 is 17.0. The van der Waals surface area contributed by atoms with Crippen LogP contribution in [-0.4, -0.2) is 41.1 Å². The third kappa shape index (κ3) is 10.2. The van der Waals surface area contributed by atoms with E-state index in [9.17, 15) is 24.3 Å². The van der Waals surface area contributed by atoms with Crippen LogP contribution >= 0.6 is 0 Å². The minimum atomic E-state index is -1.35. The maximum Gasteiger partial charge on any atom is 0.321 e. The summed E-state index contributed by atoms with van der Waals surface area (Å²) in [4.78, 5) is 50.1. The normalized spacial score (nSPS) is 16.1. The largest absolute Gasteiger partial charge is 0.480 e. The van der Waals surface area contributed by atoms with E-state index in [1.807, 2.05) is 41.5 Å². The highest BCUT2D eigenvalue weighted by Gasteiger charge is 2.36. The molecule has 40 heavy (non-hydrogen) atoms. The lowest BCUT2D eigenvalue weighted by Crippen LogP contribution is -2.42. The van der Waals surface area contributed by atoms with Gasteiger partial charge in [-0.2, -0.15) is 0 Å². The van der Waals surface area contributed by atoms with Crippen molar-refractivity contribution in [1.29, 1.82) is 0 Å². The van der Waals surface area contributed by atoms with Crippen LogP contribution in [0, 0.1) is 35.5 Å². The molecule has 0 saturated carbocycles. The Kier molecular flexibility index (Phi) is 13.8. The number of esters is 3. The van der Waals surface area contributed by atoms with Gasteiger partial charge in [-0.1, -0.05) is 68.4 Å². The van der Waals surface area contributed by atoms with Gasteiger partial charge in [0.15, 0.2) is 11.5 Å². The van der Waals surface area contributed by atoms with Gasteiger partial charge < -0.3 is 25.1 Å². The van der Waals surface area contributed by atoms with E-state index in [2.05, 4.69) is 0 Å². The molecule has 1 rings (SSSR count). The lowest BCUT2D eigenvalue weighted by molar-refractivity contribution is -0.151. The van der Waals surface area contributed by atoms with Crippen LogP contribution < -0.4 is 15.2 Å². The summed E-state index contributed by atoms with van der Waals surface area (Å²) in [5.74, 6) is -4.35. The zero-order chi connectivity index (χ0) is 30.9. The molecule has 0 saturated heterocycles. The molecular formula is C31H49NO8. The fourth-order valence-electron chi connectivity index (χ4n) is 3.91. The number of benzene rings is 1. The van der Waals surface area contributed by atoms with Crippen LogP contribution in [-0.2, 0) is 23.9 Å². The number of hydrogen-bond donors (Lipinski definition) is 2. The van der Waals surface area contributed by atoms with Crippen molar-refractivity contribution in [3.8, 4) is 11.5 Å². The molecule has 9 nitrogen and oxygen atoms in total. The maximum absolute atomic E-state index is 12.9. The molecule has 0 aromatic heterocycles. The topological polar surface area (TPSA) is 142 Å². The highest BCUT2D eigenvalue weighted by molar-refractivity contribution is 5.79. The third-order valence-corrected chi connectivity index (χ3v) is 7.74. The van der Waals surface area contributed by atoms with Crippen molar-refractivity contribution in [3.05, 3.63) is 23.8 Å². The number of rotatable bonds is 15. The Morgan fingerprint density at radius 1 is 0.800 bits per heavy atom. The molecule has 0 aliphatic carbocycles. The molecule has 3 N–H and O–H groups in total. The second-order valence-corrected chi connectivity index (χ2v) is 12.0. The first-order valence-electron chi connectivity index (χ1n) is 14.2. The van der Waals surface area contributed by atoms with Crippen LogP contribution in [0.1, 0.15) is 93.6 Å². The van der Waals surface area contributed by atoms with Gasteiger partial charge >= 0.3 is 23.9 Å². The van der Waals surface area contributed by atoms with Crippen LogP contribution in [0.5, 0.6) is 11.5 Å². The summed E-state index contributed by atoms with van der Waals surface area (Å²) in [5.41, 5.74) is 6.61. The van der Waals surface area contributed by atoms with E-state index in [0.717, 1.165) is 0 Å². The van der Waals surface area contributed by atoms with Gasteiger partial charge in [-0.05, 0) is 48.8 Å². The summed E-state index contributed by atoms with van der Waals surface area (Å²) in [6, 6.07) is 3.23. The second-order valence-electron chi connectivity index (χ2n) is 12.0. The van der Waals surface area contributed by atoms with Crippen LogP contribution in [0.25, 0.3) is 0 Å². The lowest BCUT2D eigenvalue weighted by atomic mass is 9.79. The highest BCUT2D eigenvalue weighted by Crippen LogP contribution is 2.38. The molecule has 0 spiro atoms. The summed E-state index contributed by atoms with van der Waals surface area (Å²) >= 11 is 0. The SMILES string of the molecule is CC(C)CCC(=O)OC(C)C(C)C(c1ccc(OC(=O)C(C)C(C)C)c(OC(=O)C(C)C(C)C)c1)[C@H](N)C(=O)O. The molecule has 226 valence electrons. The predicted octanol–water partition coefficient (Wildman–Crippen LogP) is 5.58. The number of hydrogen-bond acceptors (Lipinski definition) is 8. The van der Waals surface area contributed by atoms with Crippen LogP contribution in [0.15, 0.2) is 18.2 Å². The van der Waals surface area contributed by atoms with Gasteiger partial charge in [0.2, 0.25) is 0 Å². The van der Waals surface area contributed by atoms with E-state index in [1.54, 1.807) is 33.8 Å². The molecule has 0 bridgehead atoms. The van der Waals surface area contributed by atoms with E-state index in [-0.39, 0.29) is 35.7 Å². The Balaban J connectivity index is 3.50. The van der Waals surface area contributed by atoms with Gasteiger partial charge in [0, 0.05) is 18.3 Å². The van der Waals surface area contributed by atoms with Gasteiger partial charge in [0.25, 0.3) is 0 Å². The van der Waals surface area contributed by atoms with Crippen LogP contribution in [0.4, 0.5) is 0 Å². The Hall–Kier alpha value is -2.94. The average molecular weight is 564 g/mol. The summed E-state index contributed by atoms with van der Waals surface area (Å²) in [5, 5.41) is 9.82. The molecule has 1 aromatic rings. The molecule has 0 fully saturated rings. The summed E-state index contributed by atoms with van der Waals surface area (Å²) in [7, 11) is 0. The standard InChI is InChI=1S/C31H49NO8/c1-16(2)11-14-26(33)38-22(10)21(9)27(28(32)29(34)35)23-12-13-24(39-30(36)19(7)17(3)4)25(15-23)40-31(37)20(8)18(5)6/h12-13,15-22,27-28H,11,14,32H2,1-10H3,(H,34,35)/t19?,20?,21?,22?,27?,28-/m0/s1. The zero-order valence-electron chi connectivity index (χ0n) is 25.7. The summed E-state index contributed by atoms with van der Waals surface area (Å²) in [6.45, 7) is 18.6. The van der Waals surface area contributed by atoms with E-state index in [4.69, 9.17) is 19.9 Å². The van der Waals surface area contributed by atoms with E-state index < -0.39 is 53.7 Å². The van der Waals surface area contributed by atoms with Gasteiger partial charge in [-0.15, -0.1) is 0 Å². The molecular weight excluding hydrogens is 514 g/mol. The molecule has 0 aliphatic rings. The number of carbonyl (C=O) groups is 4. The zero-order valence-corrected chi connectivity index (χ0v) is 25.7. The monoisotopic (exact) mass is 563 g/mol. The van der Waals surface area contributed by atoms with Crippen LogP contribution in [0.3, 0.4) is 0 Å². The van der Waals surface area contributed by atoms with Gasteiger partial charge in [-0.25, -0.2) is 0 Å². The van der Waals surface area contributed by atoms with Crippen molar-refractivity contribution in [1.82, 2.24) is 0 Å². The van der Waals surface area contributed by atoms with Crippen molar-refractivity contribution in [2.75, 3.05) is 0 Å². The van der Waals surface area contributed by atoms with Crippen molar-refractivity contribution in [3.63, 3.8) is 0 Å². The molecule has 0 amide bonds. The molecule has 0 radical (unpaired) electrons. The maximum atomic E-state index is 12.9. The van der Waals surface area contributed by atoms with E-state index >= 15 is 0 Å². The molecule has 5 unspecified atom stereocenters. The molecule has 1 aromatic carbocycles. The first-order chi connectivity index (χ1) is 18.5. The third-order valence-electron chi connectivity index (χ3n) is 7.74. The fraction of sp³-hybridized carbons (Fsp3) is 0.677. The van der Waals surface area contributed by atoms with Crippen LogP contribution in [0.2, 0.25) is 0 Å². The molecule has 9 heteroatoms. The Morgan fingerprint density at radius 3 is 1.75 bits per heavy atom. The molecule has 0 aliphatic heterocycles. The smallest absolute Gasteiger partial charge is 0.321 e. The summed E-state index contributed by atoms with van der Waals surface area (Å²) in [6.07, 6.45) is 0.288. The number of carboxylic acids is 1. The molecule has 6 atom stereocenters. The quantitative estimate of drug-likeness (QED) is 0.206. The average Bonchev–Trinajstić information content (AvgIpc) is 2.87. The predicted molar refractivity (Wildman–Crippen MR) is 153 cm³/mol. The highest BCUT2D eigenvalue weighted by atomic mass is 16.6. The number of ether oxygens (including phenoxy) is 3. The van der Waals surface area contributed by atoms with Gasteiger partial charge in [-0.3, -0.25) is 19.2 Å². The van der Waals surface area contributed by atoms with E-state index in [0.29, 0.717) is 17.9 Å². The number of carboxylic acid groups (broad SMARTS) is 1. The second kappa shape index (κ2) is 15.7. The first-order valence-corrected chi connectivity index (χ1v) is 14.2. The minimum absolute atomic E-state index is 0.00193.